The summed E-state index contributed by atoms with van der Waals surface area (Å²) >= 11 is 11.9. The SMILES string of the molecule is CC(N)(Cc1cccc(Cl)c1F)c1ccccc1Cl. The molecular formula is C15H14Cl2FN. The van der Waals surface area contributed by atoms with Crippen LogP contribution in [0, 0.1) is 5.82 Å². The fourth-order valence-corrected chi connectivity index (χ4v) is 2.65. The number of halogens is 3. The van der Waals surface area contributed by atoms with Gasteiger partial charge in [-0.1, -0.05) is 53.5 Å². The van der Waals surface area contributed by atoms with Gasteiger partial charge >= 0.3 is 0 Å². The number of nitrogens with two attached hydrogens (primary N) is 1. The maximum Gasteiger partial charge on any atom is 0.145 e. The normalized spacial score (nSPS) is 14.2. The molecule has 0 spiro atoms. The van der Waals surface area contributed by atoms with E-state index in [1.165, 1.54) is 6.07 Å². The van der Waals surface area contributed by atoms with Crippen LogP contribution >= 0.6 is 23.2 Å². The number of rotatable bonds is 3. The van der Waals surface area contributed by atoms with Crippen LogP contribution in [0.4, 0.5) is 4.39 Å². The van der Waals surface area contributed by atoms with Crippen molar-refractivity contribution in [1.29, 1.82) is 0 Å². The second-order valence-electron chi connectivity index (χ2n) is 4.79. The molecule has 0 aromatic heterocycles. The molecule has 19 heavy (non-hydrogen) atoms. The van der Waals surface area contributed by atoms with E-state index >= 15 is 0 Å². The van der Waals surface area contributed by atoms with Gasteiger partial charge in [-0.3, -0.25) is 0 Å². The first kappa shape index (κ1) is 14.3. The molecule has 2 aromatic rings. The molecule has 0 aliphatic carbocycles. The van der Waals surface area contributed by atoms with Crippen molar-refractivity contribution in [2.75, 3.05) is 0 Å². The lowest BCUT2D eigenvalue weighted by molar-refractivity contribution is 0.475. The van der Waals surface area contributed by atoms with Crippen LogP contribution in [0.5, 0.6) is 0 Å². The molecule has 100 valence electrons. The molecule has 0 heterocycles. The van der Waals surface area contributed by atoms with Crippen molar-refractivity contribution >= 4 is 23.2 Å². The van der Waals surface area contributed by atoms with E-state index < -0.39 is 11.4 Å². The fourth-order valence-electron chi connectivity index (χ4n) is 2.10. The first-order valence-corrected chi connectivity index (χ1v) is 6.64. The summed E-state index contributed by atoms with van der Waals surface area (Å²) < 4.78 is 13.9. The predicted molar refractivity (Wildman–Crippen MR) is 78.1 cm³/mol. The van der Waals surface area contributed by atoms with Crippen LogP contribution in [0.2, 0.25) is 10.0 Å². The third kappa shape index (κ3) is 3.08. The van der Waals surface area contributed by atoms with E-state index in [2.05, 4.69) is 0 Å². The molecule has 0 saturated carbocycles. The largest absolute Gasteiger partial charge is 0.321 e. The monoisotopic (exact) mass is 297 g/mol. The molecule has 0 bridgehead atoms. The van der Waals surface area contributed by atoms with Crippen LogP contribution in [0.25, 0.3) is 0 Å². The Morgan fingerprint density at radius 1 is 1.05 bits per heavy atom. The van der Waals surface area contributed by atoms with Gasteiger partial charge in [-0.05, 0) is 36.6 Å². The summed E-state index contributed by atoms with van der Waals surface area (Å²) in [5, 5.41) is 0.683. The van der Waals surface area contributed by atoms with Crippen LogP contribution in [0.15, 0.2) is 42.5 Å². The Morgan fingerprint density at radius 2 is 1.68 bits per heavy atom. The van der Waals surface area contributed by atoms with E-state index in [1.807, 2.05) is 25.1 Å². The lowest BCUT2D eigenvalue weighted by Gasteiger charge is -2.26. The van der Waals surface area contributed by atoms with Crippen molar-refractivity contribution in [3.63, 3.8) is 0 Å². The van der Waals surface area contributed by atoms with Crippen LogP contribution in [-0.4, -0.2) is 0 Å². The molecule has 0 saturated heterocycles. The second-order valence-corrected chi connectivity index (χ2v) is 5.60. The van der Waals surface area contributed by atoms with Gasteiger partial charge in [0.05, 0.1) is 5.02 Å². The lowest BCUT2D eigenvalue weighted by Crippen LogP contribution is -2.36. The highest BCUT2D eigenvalue weighted by Crippen LogP contribution is 2.30. The predicted octanol–water partition coefficient (Wildman–Crippen LogP) is 4.55. The number of hydrogen-bond acceptors (Lipinski definition) is 1. The summed E-state index contributed by atoms with van der Waals surface area (Å²) in [5.41, 5.74) is 6.81. The number of hydrogen-bond donors (Lipinski definition) is 1. The van der Waals surface area contributed by atoms with Crippen LogP contribution in [0.1, 0.15) is 18.1 Å². The Kier molecular flexibility index (Phi) is 4.14. The van der Waals surface area contributed by atoms with E-state index in [0.717, 1.165) is 5.56 Å². The summed E-state index contributed by atoms with van der Waals surface area (Å²) in [6.45, 7) is 1.83. The van der Waals surface area contributed by atoms with Gasteiger partial charge in [-0.15, -0.1) is 0 Å². The van der Waals surface area contributed by atoms with Gasteiger partial charge in [0.25, 0.3) is 0 Å². The molecule has 0 aliphatic rings. The third-order valence-electron chi connectivity index (χ3n) is 3.08. The molecule has 2 N–H and O–H groups in total. The van der Waals surface area contributed by atoms with E-state index in [1.54, 1.807) is 18.2 Å². The van der Waals surface area contributed by atoms with E-state index in [0.29, 0.717) is 17.0 Å². The Labute approximate surface area is 122 Å². The molecule has 2 aromatic carbocycles. The highest BCUT2D eigenvalue weighted by atomic mass is 35.5. The maximum atomic E-state index is 13.9. The quantitative estimate of drug-likeness (QED) is 0.884. The number of benzene rings is 2. The van der Waals surface area contributed by atoms with Crippen molar-refractivity contribution in [1.82, 2.24) is 0 Å². The first-order valence-electron chi connectivity index (χ1n) is 5.88. The van der Waals surface area contributed by atoms with Crippen molar-refractivity contribution in [2.45, 2.75) is 18.9 Å². The Hall–Kier alpha value is -1.09. The zero-order chi connectivity index (χ0) is 14.0. The molecule has 2 rings (SSSR count). The minimum Gasteiger partial charge on any atom is -0.321 e. The molecule has 1 atom stereocenters. The van der Waals surface area contributed by atoms with Gasteiger partial charge in [0.2, 0.25) is 0 Å². The smallest absolute Gasteiger partial charge is 0.145 e. The van der Waals surface area contributed by atoms with Crippen molar-refractivity contribution in [3.05, 3.63) is 69.5 Å². The fraction of sp³-hybridized carbons (Fsp3) is 0.200. The Bertz CT molecular complexity index is 596. The van der Waals surface area contributed by atoms with Gasteiger partial charge < -0.3 is 5.73 Å². The van der Waals surface area contributed by atoms with Gasteiger partial charge in [0.15, 0.2) is 0 Å². The van der Waals surface area contributed by atoms with Crippen molar-refractivity contribution in [2.24, 2.45) is 5.73 Å². The van der Waals surface area contributed by atoms with Gasteiger partial charge in [-0.25, -0.2) is 4.39 Å². The molecule has 4 heteroatoms. The average molecular weight is 298 g/mol. The van der Waals surface area contributed by atoms with E-state index in [9.17, 15) is 4.39 Å². The van der Waals surface area contributed by atoms with E-state index in [4.69, 9.17) is 28.9 Å². The standard InChI is InChI=1S/C15H14Cl2FN/c1-15(19,11-6-2-3-7-12(11)16)9-10-5-4-8-13(17)14(10)18/h2-8H,9,19H2,1H3. The van der Waals surface area contributed by atoms with Gasteiger partial charge in [0, 0.05) is 10.6 Å². The second kappa shape index (κ2) is 5.49. The average Bonchev–Trinajstić information content (AvgIpc) is 2.35. The topological polar surface area (TPSA) is 26.0 Å². The first-order chi connectivity index (χ1) is 8.92. The van der Waals surface area contributed by atoms with Crippen molar-refractivity contribution < 1.29 is 4.39 Å². The summed E-state index contributed by atoms with van der Waals surface area (Å²) in [4.78, 5) is 0. The molecular weight excluding hydrogens is 284 g/mol. The lowest BCUT2D eigenvalue weighted by atomic mass is 9.86. The molecule has 1 unspecified atom stereocenters. The van der Waals surface area contributed by atoms with Crippen LogP contribution in [-0.2, 0) is 12.0 Å². The zero-order valence-corrected chi connectivity index (χ0v) is 12.0. The summed E-state index contributed by atoms with van der Waals surface area (Å²) in [5.74, 6) is -0.423. The highest BCUT2D eigenvalue weighted by molar-refractivity contribution is 6.31. The van der Waals surface area contributed by atoms with Crippen LogP contribution in [0.3, 0.4) is 0 Å². The Morgan fingerprint density at radius 3 is 2.37 bits per heavy atom. The van der Waals surface area contributed by atoms with Crippen molar-refractivity contribution in [3.8, 4) is 0 Å². The minimum atomic E-state index is -0.760. The van der Waals surface area contributed by atoms with Crippen LogP contribution < -0.4 is 5.73 Å². The molecule has 1 nitrogen and oxygen atoms in total. The summed E-state index contributed by atoms with van der Waals surface area (Å²) in [6.07, 6.45) is 0.323. The molecule has 0 amide bonds. The highest BCUT2D eigenvalue weighted by Gasteiger charge is 2.25. The van der Waals surface area contributed by atoms with Gasteiger partial charge in [-0.2, -0.15) is 0 Å². The Balaban J connectivity index is 2.36. The molecule has 0 aliphatic heterocycles. The minimum absolute atomic E-state index is 0.104. The summed E-state index contributed by atoms with van der Waals surface area (Å²) in [7, 11) is 0. The zero-order valence-electron chi connectivity index (χ0n) is 10.5. The van der Waals surface area contributed by atoms with Gasteiger partial charge in [0.1, 0.15) is 5.82 Å². The molecule has 0 fully saturated rings. The summed E-state index contributed by atoms with van der Waals surface area (Å²) in [6, 6.07) is 12.2. The molecule has 0 radical (unpaired) electrons. The van der Waals surface area contributed by atoms with E-state index in [-0.39, 0.29) is 5.02 Å². The maximum absolute atomic E-state index is 13.9. The third-order valence-corrected chi connectivity index (χ3v) is 3.70.